The quantitative estimate of drug-likeness (QED) is 0.331. The lowest BCUT2D eigenvalue weighted by Gasteiger charge is -2.26. The Labute approximate surface area is 171 Å². The number of rotatable bonds is 11. The molecule has 0 unspecified atom stereocenters. The molecule has 0 heterocycles. The summed E-state index contributed by atoms with van der Waals surface area (Å²) in [7, 11) is -1.36. The smallest absolute Gasteiger partial charge is 0.342 e. The predicted octanol–water partition coefficient (Wildman–Crippen LogP) is 0.997. The van der Waals surface area contributed by atoms with Crippen LogP contribution in [0.15, 0.2) is 24.3 Å². The molecule has 0 saturated heterocycles. The molecule has 0 aromatic heterocycles. The summed E-state index contributed by atoms with van der Waals surface area (Å²) < 4.78 is 16.6. The molecule has 1 rings (SSSR count). The van der Waals surface area contributed by atoms with Gasteiger partial charge >= 0.3 is 7.60 Å². The van der Waals surface area contributed by atoms with Crippen LogP contribution in [0, 0.1) is 5.92 Å². The number of hydrogen-bond acceptors (Lipinski definition) is 5. The molecule has 0 spiro atoms. The maximum absolute atomic E-state index is 12.8. The van der Waals surface area contributed by atoms with Crippen LogP contribution in [0.4, 0.5) is 0 Å². The van der Waals surface area contributed by atoms with Crippen LogP contribution >= 0.6 is 7.60 Å². The molecular weight excluding hydrogens is 397 g/mol. The molecule has 1 aromatic rings. The fraction of sp³-hybridized carbons (Fsp3) is 0.579. The summed E-state index contributed by atoms with van der Waals surface area (Å²) in [5, 5.41) is 7.95. The molecule has 0 aliphatic rings. The Balaban J connectivity index is 2.96. The molecule has 5 N–H and O–H groups in total. The van der Waals surface area contributed by atoms with E-state index in [9.17, 15) is 23.9 Å². The predicted molar refractivity (Wildman–Crippen MR) is 111 cm³/mol. The largest absolute Gasteiger partial charge is 0.497 e. The van der Waals surface area contributed by atoms with Gasteiger partial charge in [0.2, 0.25) is 11.8 Å². The molecule has 3 atom stereocenters. The Morgan fingerprint density at radius 3 is 2.10 bits per heavy atom. The second-order valence-corrected chi connectivity index (χ2v) is 9.29. The van der Waals surface area contributed by atoms with Crippen molar-refractivity contribution in [3.63, 3.8) is 0 Å². The molecule has 29 heavy (non-hydrogen) atoms. The van der Waals surface area contributed by atoms with Gasteiger partial charge in [0, 0.05) is 13.5 Å². The van der Waals surface area contributed by atoms with Gasteiger partial charge in [-0.15, -0.1) is 0 Å². The maximum atomic E-state index is 12.8. The van der Waals surface area contributed by atoms with E-state index in [-0.39, 0.29) is 18.2 Å². The number of ether oxygens (including phenoxy) is 1. The third-order valence-electron chi connectivity index (χ3n) is 4.45. The van der Waals surface area contributed by atoms with Gasteiger partial charge in [0.15, 0.2) is 0 Å². The molecule has 1 aromatic carbocycles. The molecule has 0 bridgehead atoms. The van der Waals surface area contributed by atoms with Gasteiger partial charge in [-0.05, 0) is 37.0 Å². The zero-order valence-corrected chi connectivity index (χ0v) is 18.4. The van der Waals surface area contributed by atoms with E-state index in [2.05, 4.69) is 16.0 Å². The van der Waals surface area contributed by atoms with Crippen LogP contribution in [0.1, 0.15) is 32.8 Å². The van der Waals surface area contributed by atoms with Crippen molar-refractivity contribution < 1.29 is 28.7 Å². The number of amides is 2. The Kier molecular flexibility index (Phi) is 9.79. The van der Waals surface area contributed by atoms with Crippen molar-refractivity contribution in [1.82, 2.24) is 16.0 Å². The summed E-state index contributed by atoms with van der Waals surface area (Å²) >= 11 is 0. The first kappa shape index (κ1) is 25.1. The third-order valence-corrected chi connectivity index (χ3v) is 5.61. The number of nitrogens with one attached hydrogen (secondary N) is 3. The summed E-state index contributed by atoms with van der Waals surface area (Å²) in [6.45, 7) is 5.13. The standard InChI is InChI=1S/C19H32N3O6P/c1-12(2)10-16(21-13(3)29(25,26)27)19(24)22-17(18(23)20-4)11-14-6-8-15(28-5)9-7-14/h6-9,12-13,16-17,21H,10-11H2,1-5H3,(H,20,23)(H,22,24)(H2,25,26,27)/t13-,16+,17+/m1/s1. The summed E-state index contributed by atoms with van der Waals surface area (Å²) in [4.78, 5) is 43.8. The van der Waals surface area contributed by atoms with E-state index in [1.165, 1.54) is 14.0 Å². The van der Waals surface area contributed by atoms with Gasteiger partial charge < -0.3 is 25.2 Å². The lowest BCUT2D eigenvalue weighted by Crippen LogP contribution is -2.54. The molecule has 0 saturated carbocycles. The second kappa shape index (κ2) is 11.3. The first-order valence-electron chi connectivity index (χ1n) is 9.44. The first-order chi connectivity index (χ1) is 13.5. The Bertz CT molecular complexity index is 719. The maximum Gasteiger partial charge on any atom is 0.342 e. The number of hydrogen-bond donors (Lipinski definition) is 5. The van der Waals surface area contributed by atoms with Crippen molar-refractivity contribution in [2.24, 2.45) is 5.92 Å². The Morgan fingerprint density at radius 2 is 1.66 bits per heavy atom. The number of methoxy groups -OCH3 is 1. The molecule has 9 nitrogen and oxygen atoms in total. The lowest BCUT2D eigenvalue weighted by molar-refractivity contribution is -0.130. The van der Waals surface area contributed by atoms with Crippen LogP contribution < -0.4 is 20.7 Å². The topological polar surface area (TPSA) is 137 Å². The van der Waals surface area contributed by atoms with Gasteiger partial charge in [0.25, 0.3) is 0 Å². The van der Waals surface area contributed by atoms with Gasteiger partial charge in [0.1, 0.15) is 17.6 Å². The minimum Gasteiger partial charge on any atom is -0.497 e. The zero-order valence-electron chi connectivity index (χ0n) is 17.5. The minimum absolute atomic E-state index is 0.0993. The lowest BCUT2D eigenvalue weighted by atomic mass is 10.0. The first-order valence-corrected chi connectivity index (χ1v) is 11.1. The molecule has 0 radical (unpaired) electrons. The third kappa shape index (κ3) is 8.53. The van der Waals surface area contributed by atoms with Crippen molar-refractivity contribution >= 4 is 19.4 Å². The summed E-state index contributed by atoms with van der Waals surface area (Å²) in [6.07, 6.45) is 0.622. The van der Waals surface area contributed by atoms with E-state index in [0.29, 0.717) is 12.2 Å². The van der Waals surface area contributed by atoms with Gasteiger partial charge in [0.05, 0.1) is 13.2 Å². The SMILES string of the molecule is CNC(=O)[C@H](Cc1ccc(OC)cc1)NC(=O)[C@H](CC(C)C)N[C@@H](C)P(=O)(O)O. The van der Waals surface area contributed by atoms with Crippen molar-refractivity contribution in [2.75, 3.05) is 14.2 Å². The van der Waals surface area contributed by atoms with Crippen molar-refractivity contribution in [2.45, 2.75) is 51.5 Å². The van der Waals surface area contributed by atoms with Crippen molar-refractivity contribution in [3.8, 4) is 5.75 Å². The summed E-state index contributed by atoms with van der Waals surface area (Å²) in [5.41, 5.74) is 0.830. The van der Waals surface area contributed by atoms with Crippen LogP contribution in [0.3, 0.4) is 0 Å². The second-order valence-electron chi connectivity index (χ2n) is 7.34. The van der Waals surface area contributed by atoms with E-state index in [1.807, 2.05) is 13.8 Å². The molecule has 0 aliphatic heterocycles. The van der Waals surface area contributed by atoms with Crippen LogP contribution in [-0.2, 0) is 20.6 Å². The van der Waals surface area contributed by atoms with Gasteiger partial charge in [-0.2, -0.15) is 0 Å². The monoisotopic (exact) mass is 429 g/mol. The van der Waals surface area contributed by atoms with Crippen LogP contribution in [0.5, 0.6) is 5.75 Å². The highest BCUT2D eigenvalue weighted by Gasteiger charge is 2.31. The zero-order chi connectivity index (χ0) is 22.2. The summed E-state index contributed by atoms with van der Waals surface area (Å²) in [5.74, 6) is -1.25. The van der Waals surface area contributed by atoms with Gasteiger partial charge in [-0.3, -0.25) is 19.5 Å². The molecule has 2 amide bonds. The number of carbonyl (C=O) groups is 2. The normalized spacial score (nSPS) is 14.8. The average Bonchev–Trinajstić information content (AvgIpc) is 2.65. The molecule has 10 heteroatoms. The highest BCUT2D eigenvalue weighted by molar-refractivity contribution is 7.52. The van der Waals surface area contributed by atoms with E-state index in [1.54, 1.807) is 31.4 Å². The summed E-state index contributed by atoms with van der Waals surface area (Å²) in [6, 6.07) is 5.47. The van der Waals surface area contributed by atoms with Gasteiger partial charge in [-0.25, -0.2) is 0 Å². The average molecular weight is 429 g/mol. The van der Waals surface area contributed by atoms with Crippen LogP contribution in [-0.4, -0.2) is 53.6 Å². The molecular formula is C19H32N3O6P. The van der Waals surface area contributed by atoms with Crippen LogP contribution in [0.2, 0.25) is 0 Å². The highest BCUT2D eigenvalue weighted by Crippen LogP contribution is 2.39. The van der Waals surface area contributed by atoms with Crippen molar-refractivity contribution in [3.05, 3.63) is 29.8 Å². The van der Waals surface area contributed by atoms with E-state index in [0.717, 1.165) is 5.56 Å². The highest BCUT2D eigenvalue weighted by atomic mass is 31.2. The van der Waals surface area contributed by atoms with Gasteiger partial charge in [-0.1, -0.05) is 26.0 Å². The van der Waals surface area contributed by atoms with Crippen LogP contribution in [0.25, 0.3) is 0 Å². The number of benzene rings is 1. The van der Waals surface area contributed by atoms with E-state index >= 15 is 0 Å². The molecule has 0 fully saturated rings. The molecule has 164 valence electrons. The Morgan fingerprint density at radius 1 is 1.07 bits per heavy atom. The van der Waals surface area contributed by atoms with Crippen molar-refractivity contribution in [1.29, 1.82) is 0 Å². The fourth-order valence-corrected chi connectivity index (χ4v) is 3.14. The number of likely N-dealkylation sites (N-methyl/N-ethyl adjacent to an activating group) is 1. The fourth-order valence-electron chi connectivity index (χ4n) is 2.76. The minimum atomic E-state index is -4.40. The Hall–Kier alpha value is -1.93. The molecule has 0 aliphatic carbocycles. The number of carbonyl (C=O) groups excluding carboxylic acids is 2. The van der Waals surface area contributed by atoms with E-state index in [4.69, 9.17) is 4.74 Å². The van der Waals surface area contributed by atoms with E-state index < -0.39 is 31.4 Å².